The van der Waals surface area contributed by atoms with E-state index in [0.29, 0.717) is 18.0 Å². The lowest BCUT2D eigenvalue weighted by Crippen LogP contribution is -2.23. The Balaban J connectivity index is 1.71. The first-order chi connectivity index (χ1) is 17.0. The van der Waals surface area contributed by atoms with Crippen LogP contribution in [0.25, 0.3) is 31.8 Å². The van der Waals surface area contributed by atoms with Crippen molar-refractivity contribution in [1.82, 2.24) is 10.3 Å². The molecule has 2 aromatic heterocycles. The van der Waals surface area contributed by atoms with Gasteiger partial charge in [-0.3, -0.25) is 4.21 Å². The zero-order valence-corrected chi connectivity index (χ0v) is 21.9. The molecule has 0 radical (unpaired) electrons. The van der Waals surface area contributed by atoms with Crippen molar-refractivity contribution in [3.63, 3.8) is 0 Å². The van der Waals surface area contributed by atoms with Gasteiger partial charge in [-0.05, 0) is 35.2 Å². The number of amides is 1. The maximum Gasteiger partial charge on any atom is 0.407 e. The second kappa shape index (κ2) is 11.6. The van der Waals surface area contributed by atoms with Crippen LogP contribution in [0.2, 0.25) is 0 Å². The Morgan fingerprint density at radius 3 is 2.74 bits per heavy atom. The first kappa shape index (κ1) is 25.1. The van der Waals surface area contributed by atoms with Crippen LogP contribution < -0.4 is 11.1 Å². The minimum absolute atomic E-state index is 0.166. The van der Waals surface area contributed by atoms with Gasteiger partial charge in [-0.1, -0.05) is 43.7 Å². The second-order valence-corrected chi connectivity index (χ2v) is 11.6. The highest BCUT2D eigenvalue weighted by molar-refractivity contribution is 7.87. The van der Waals surface area contributed by atoms with Crippen LogP contribution in [0.15, 0.2) is 64.8 Å². The molecule has 0 aliphatic heterocycles. The number of fused-ring (bicyclic) bond motifs is 1. The fraction of sp³-hybridized carbons (Fsp3) is 0.231. The molecule has 4 rings (SSSR count). The van der Waals surface area contributed by atoms with Gasteiger partial charge in [0.1, 0.15) is 15.8 Å². The Labute approximate surface area is 215 Å². The summed E-state index contributed by atoms with van der Waals surface area (Å²) in [5.74, 6) is 0.608. The van der Waals surface area contributed by atoms with E-state index >= 15 is 0 Å². The summed E-state index contributed by atoms with van der Waals surface area (Å²) < 4.78 is 19.9. The quantitative estimate of drug-likeness (QED) is 0.228. The van der Waals surface area contributed by atoms with Gasteiger partial charge in [0.15, 0.2) is 0 Å². The van der Waals surface area contributed by atoms with E-state index < -0.39 is 16.9 Å². The van der Waals surface area contributed by atoms with Crippen molar-refractivity contribution in [2.45, 2.75) is 30.6 Å². The minimum Gasteiger partial charge on any atom is -0.445 e. The van der Waals surface area contributed by atoms with Gasteiger partial charge in [0.25, 0.3) is 0 Å². The van der Waals surface area contributed by atoms with Crippen molar-refractivity contribution < 1.29 is 13.7 Å². The molecule has 0 aliphatic rings. The zero-order chi connectivity index (χ0) is 24.8. The van der Waals surface area contributed by atoms with Gasteiger partial charge in [-0.15, -0.1) is 29.3 Å². The summed E-state index contributed by atoms with van der Waals surface area (Å²) in [4.78, 5) is 16.2. The molecule has 182 valence electrons. The molecule has 2 aromatic carbocycles. The number of benzene rings is 2. The highest BCUT2D eigenvalue weighted by Crippen LogP contribution is 2.44. The van der Waals surface area contributed by atoms with Crippen LogP contribution >= 0.6 is 22.7 Å². The van der Waals surface area contributed by atoms with E-state index in [0.717, 1.165) is 54.4 Å². The summed E-state index contributed by atoms with van der Waals surface area (Å²) in [6.45, 7) is 6.18. The molecule has 0 bridgehead atoms. The minimum atomic E-state index is -1.13. The molecule has 0 aliphatic carbocycles. The van der Waals surface area contributed by atoms with Gasteiger partial charge in [-0.2, -0.15) is 0 Å². The highest BCUT2D eigenvalue weighted by atomic mass is 32.2. The van der Waals surface area contributed by atoms with Crippen LogP contribution in [0.4, 0.5) is 10.5 Å². The summed E-state index contributed by atoms with van der Waals surface area (Å²) in [6, 6.07) is 12.0. The SMILES string of the molecule is C=CCNC(=O)OCc1ccc(-c2cc(-c3nccs3)cc3sc(S(=O)CCCC)c(N)c23)cc1. The zero-order valence-electron chi connectivity index (χ0n) is 19.4. The van der Waals surface area contributed by atoms with Gasteiger partial charge >= 0.3 is 6.09 Å². The van der Waals surface area contributed by atoms with Crippen molar-refractivity contribution in [3.05, 3.63) is 66.2 Å². The molecule has 2 heterocycles. The standard InChI is InChI=1S/C26H27N3O3S3/c1-3-5-13-35(31)25-23(27)22-20(14-19(15-21(22)34-25)24-28-11-12-33-24)18-8-6-17(7-9-18)16-32-26(30)29-10-4-2/h4,6-9,11-12,14-15H,2-3,5,10,13,16,27H2,1H3,(H,29,30). The smallest absolute Gasteiger partial charge is 0.407 e. The largest absolute Gasteiger partial charge is 0.445 e. The predicted molar refractivity (Wildman–Crippen MR) is 147 cm³/mol. The third-order valence-corrected chi connectivity index (χ3v) is 9.26. The van der Waals surface area contributed by atoms with Crippen molar-refractivity contribution in [3.8, 4) is 21.7 Å². The van der Waals surface area contributed by atoms with Crippen LogP contribution in [0.1, 0.15) is 25.3 Å². The van der Waals surface area contributed by atoms with Crippen LogP contribution in [-0.4, -0.2) is 27.6 Å². The Kier molecular flexibility index (Phi) is 8.33. The van der Waals surface area contributed by atoms with Crippen LogP contribution in [0.5, 0.6) is 0 Å². The number of unbranched alkanes of at least 4 members (excludes halogenated alkanes) is 1. The summed E-state index contributed by atoms with van der Waals surface area (Å²) in [7, 11) is -1.13. The number of carbonyl (C=O) groups excluding carboxylic acids is 1. The number of nitrogens with two attached hydrogens (primary N) is 1. The normalized spacial score (nSPS) is 11.9. The van der Waals surface area contributed by atoms with Gasteiger partial charge in [0.05, 0.1) is 16.5 Å². The van der Waals surface area contributed by atoms with E-state index in [1.807, 2.05) is 29.6 Å². The number of alkyl carbamates (subject to hydrolysis) is 1. The van der Waals surface area contributed by atoms with Crippen molar-refractivity contribution >= 4 is 55.3 Å². The monoisotopic (exact) mass is 525 g/mol. The van der Waals surface area contributed by atoms with Crippen molar-refractivity contribution in [2.24, 2.45) is 0 Å². The molecule has 4 aromatic rings. The number of carbonyl (C=O) groups is 1. The lowest BCUT2D eigenvalue weighted by atomic mass is 9.98. The number of anilines is 1. The molecule has 9 heteroatoms. The Hall–Kier alpha value is -3.01. The summed E-state index contributed by atoms with van der Waals surface area (Å²) in [6.07, 6.45) is 4.78. The Bertz CT molecular complexity index is 1350. The number of nitrogens with one attached hydrogen (secondary N) is 1. The topological polar surface area (TPSA) is 94.3 Å². The number of hydrogen-bond donors (Lipinski definition) is 2. The summed E-state index contributed by atoms with van der Waals surface area (Å²) in [5.41, 5.74) is 11.0. The fourth-order valence-corrected chi connectivity index (χ4v) is 7.14. The molecule has 0 saturated heterocycles. The fourth-order valence-electron chi connectivity index (χ4n) is 3.62. The maximum atomic E-state index is 13.0. The number of ether oxygens (including phenoxy) is 1. The first-order valence-corrected chi connectivity index (χ1v) is 14.3. The number of thiazole rings is 1. The van der Waals surface area contributed by atoms with E-state index in [2.05, 4.69) is 35.9 Å². The second-order valence-electron chi connectivity index (χ2n) is 7.88. The third kappa shape index (κ3) is 5.80. The number of nitrogen functional groups attached to an aromatic ring is 1. The molecular formula is C26H27N3O3S3. The van der Waals surface area contributed by atoms with E-state index in [4.69, 9.17) is 10.5 Å². The molecular weight excluding hydrogens is 499 g/mol. The van der Waals surface area contributed by atoms with E-state index in [-0.39, 0.29) is 6.61 Å². The number of aromatic nitrogens is 1. The number of nitrogens with zero attached hydrogens (tertiary/aromatic N) is 1. The number of thiophene rings is 1. The molecule has 3 N–H and O–H groups in total. The molecule has 1 atom stereocenters. The molecule has 0 fully saturated rings. The first-order valence-electron chi connectivity index (χ1n) is 11.3. The lowest BCUT2D eigenvalue weighted by Gasteiger charge is -2.10. The van der Waals surface area contributed by atoms with Gasteiger partial charge < -0.3 is 15.8 Å². The summed E-state index contributed by atoms with van der Waals surface area (Å²) in [5, 5.41) is 6.38. The van der Waals surface area contributed by atoms with Gasteiger partial charge in [-0.25, -0.2) is 9.78 Å². The van der Waals surface area contributed by atoms with E-state index in [1.165, 1.54) is 11.3 Å². The van der Waals surface area contributed by atoms with Crippen molar-refractivity contribution in [1.29, 1.82) is 0 Å². The van der Waals surface area contributed by atoms with Crippen LogP contribution in [0, 0.1) is 0 Å². The highest BCUT2D eigenvalue weighted by Gasteiger charge is 2.20. The van der Waals surface area contributed by atoms with Crippen LogP contribution in [0.3, 0.4) is 0 Å². The van der Waals surface area contributed by atoms with Gasteiger partial charge in [0, 0.05) is 39.5 Å². The van der Waals surface area contributed by atoms with Gasteiger partial charge in [0.2, 0.25) is 0 Å². The predicted octanol–water partition coefficient (Wildman–Crippen LogP) is 6.59. The van der Waals surface area contributed by atoms with Crippen molar-refractivity contribution in [2.75, 3.05) is 18.0 Å². The number of hydrogen-bond acceptors (Lipinski definition) is 7. The molecule has 6 nitrogen and oxygen atoms in total. The number of rotatable bonds is 10. The molecule has 35 heavy (non-hydrogen) atoms. The average Bonchev–Trinajstić information content (AvgIpc) is 3.53. The lowest BCUT2D eigenvalue weighted by molar-refractivity contribution is 0.141. The molecule has 0 saturated carbocycles. The summed E-state index contributed by atoms with van der Waals surface area (Å²) >= 11 is 3.08. The molecule has 0 spiro atoms. The molecule has 1 amide bonds. The Morgan fingerprint density at radius 2 is 2.06 bits per heavy atom. The molecule has 1 unspecified atom stereocenters. The van der Waals surface area contributed by atoms with Crippen LogP contribution in [-0.2, 0) is 22.1 Å². The van der Waals surface area contributed by atoms with E-state index in [1.54, 1.807) is 23.6 Å². The maximum absolute atomic E-state index is 13.0. The average molecular weight is 526 g/mol. The third-order valence-electron chi connectivity index (χ3n) is 5.39. The van der Waals surface area contributed by atoms with E-state index in [9.17, 15) is 9.00 Å². The Morgan fingerprint density at radius 1 is 1.26 bits per heavy atom.